The maximum absolute atomic E-state index is 12.4. The molecular formula is C16H25N3O. The molecule has 20 heavy (non-hydrogen) atoms. The molecule has 1 aromatic carbocycles. The number of rotatable bonds is 5. The van der Waals surface area contributed by atoms with Gasteiger partial charge in [-0.2, -0.15) is 0 Å². The van der Waals surface area contributed by atoms with E-state index in [-0.39, 0.29) is 11.9 Å². The minimum Gasteiger partial charge on any atom is -0.378 e. The topological polar surface area (TPSA) is 35.6 Å². The summed E-state index contributed by atoms with van der Waals surface area (Å²) in [6.45, 7) is 4.46. The molecule has 110 valence electrons. The molecule has 0 bridgehead atoms. The third-order valence-electron chi connectivity index (χ3n) is 3.88. The molecule has 4 heteroatoms. The molecule has 1 unspecified atom stereocenters. The van der Waals surface area contributed by atoms with Gasteiger partial charge in [-0.05, 0) is 44.0 Å². The van der Waals surface area contributed by atoms with Crippen molar-refractivity contribution >= 4 is 11.6 Å². The Morgan fingerprint density at radius 1 is 1.30 bits per heavy atom. The molecule has 1 atom stereocenters. The zero-order valence-electron chi connectivity index (χ0n) is 12.7. The monoisotopic (exact) mass is 275 g/mol. The molecule has 1 saturated heterocycles. The van der Waals surface area contributed by atoms with E-state index < -0.39 is 0 Å². The summed E-state index contributed by atoms with van der Waals surface area (Å²) >= 11 is 0. The number of likely N-dealkylation sites (N-methyl/N-ethyl adjacent to an activating group) is 1. The summed E-state index contributed by atoms with van der Waals surface area (Å²) in [4.78, 5) is 16.4. The van der Waals surface area contributed by atoms with E-state index in [1.165, 1.54) is 11.3 Å². The Hall–Kier alpha value is -1.55. The van der Waals surface area contributed by atoms with Gasteiger partial charge in [-0.15, -0.1) is 0 Å². The van der Waals surface area contributed by atoms with Gasteiger partial charge >= 0.3 is 0 Å². The summed E-state index contributed by atoms with van der Waals surface area (Å²) < 4.78 is 0. The lowest BCUT2D eigenvalue weighted by molar-refractivity contribution is -0.133. The molecule has 1 aromatic rings. The molecule has 2 rings (SSSR count). The van der Waals surface area contributed by atoms with E-state index >= 15 is 0 Å². The van der Waals surface area contributed by atoms with E-state index in [1.807, 2.05) is 25.9 Å². The molecule has 0 aliphatic carbocycles. The number of benzene rings is 1. The molecule has 1 aliphatic rings. The summed E-state index contributed by atoms with van der Waals surface area (Å²) in [5.41, 5.74) is 2.37. The molecule has 1 fully saturated rings. The number of nitrogens with zero attached hydrogens (tertiary/aromatic N) is 2. The van der Waals surface area contributed by atoms with Crippen molar-refractivity contribution in [3.63, 3.8) is 0 Å². The highest BCUT2D eigenvalue weighted by Crippen LogP contribution is 2.15. The van der Waals surface area contributed by atoms with E-state index in [9.17, 15) is 4.79 Å². The lowest BCUT2D eigenvalue weighted by Crippen LogP contribution is -2.43. The van der Waals surface area contributed by atoms with Crippen molar-refractivity contribution in [1.29, 1.82) is 0 Å². The van der Waals surface area contributed by atoms with Crippen LogP contribution in [0.15, 0.2) is 24.3 Å². The van der Waals surface area contributed by atoms with Crippen LogP contribution in [0, 0.1) is 0 Å². The molecule has 0 aromatic heterocycles. The van der Waals surface area contributed by atoms with E-state index in [0.29, 0.717) is 6.54 Å². The molecule has 1 heterocycles. The first kappa shape index (κ1) is 14.9. The van der Waals surface area contributed by atoms with Crippen molar-refractivity contribution in [3.05, 3.63) is 29.8 Å². The molecule has 1 aliphatic heterocycles. The van der Waals surface area contributed by atoms with Crippen molar-refractivity contribution in [3.8, 4) is 0 Å². The average molecular weight is 275 g/mol. The third kappa shape index (κ3) is 3.51. The molecule has 4 nitrogen and oxygen atoms in total. The van der Waals surface area contributed by atoms with Crippen LogP contribution in [0.2, 0.25) is 0 Å². The van der Waals surface area contributed by atoms with Gasteiger partial charge < -0.3 is 15.1 Å². The van der Waals surface area contributed by atoms with Crippen LogP contribution < -0.4 is 10.2 Å². The second-order valence-electron chi connectivity index (χ2n) is 5.56. The first-order valence-corrected chi connectivity index (χ1v) is 7.40. The number of amides is 1. The van der Waals surface area contributed by atoms with Gasteiger partial charge in [0.2, 0.25) is 5.91 Å². The standard InChI is InChI=1S/C16H25N3O/c1-4-19(16(20)15-6-5-11-17-15)12-13-7-9-14(10-8-13)18(2)3/h7-10,15,17H,4-6,11-12H2,1-3H3. The summed E-state index contributed by atoms with van der Waals surface area (Å²) in [6.07, 6.45) is 2.07. The Morgan fingerprint density at radius 2 is 2.00 bits per heavy atom. The SMILES string of the molecule is CCN(Cc1ccc(N(C)C)cc1)C(=O)C1CCCN1. The van der Waals surface area contributed by atoms with Gasteiger partial charge in [-0.25, -0.2) is 0 Å². The smallest absolute Gasteiger partial charge is 0.239 e. The van der Waals surface area contributed by atoms with E-state index in [1.54, 1.807) is 0 Å². The van der Waals surface area contributed by atoms with Crippen LogP contribution in [-0.2, 0) is 11.3 Å². The Balaban J connectivity index is 2.00. The van der Waals surface area contributed by atoms with Crippen LogP contribution in [0.4, 0.5) is 5.69 Å². The third-order valence-corrected chi connectivity index (χ3v) is 3.88. The molecule has 1 N–H and O–H groups in total. The highest BCUT2D eigenvalue weighted by molar-refractivity contribution is 5.82. The summed E-state index contributed by atoms with van der Waals surface area (Å²) in [6, 6.07) is 8.43. The van der Waals surface area contributed by atoms with Gasteiger partial charge in [0.15, 0.2) is 0 Å². The predicted molar refractivity (Wildman–Crippen MR) is 82.9 cm³/mol. The number of hydrogen-bond donors (Lipinski definition) is 1. The van der Waals surface area contributed by atoms with Gasteiger partial charge in [0.25, 0.3) is 0 Å². The molecule has 0 saturated carbocycles. The van der Waals surface area contributed by atoms with E-state index in [4.69, 9.17) is 0 Å². The Kier molecular flexibility index (Phi) is 5.01. The Labute approximate surface area is 121 Å². The highest BCUT2D eigenvalue weighted by atomic mass is 16.2. The van der Waals surface area contributed by atoms with Crippen LogP contribution >= 0.6 is 0 Å². The van der Waals surface area contributed by atoms with Crippen LogP contribution in [0.1, 0.15) is 25.3 Å². The number of hydrogen-bond acceptors (Lipinski definition) is 3. The van der Waals surface area contributed by atoms with Crippen molar-refractivity contribution in [2.45, 2.75) is 32.4 Å². The number of carbonyl (C=O) groups excluding carboxylic acids is 1. The second-order valence-corrected chi connectivity index (χ2v) is 5.56. The first-order valence-electron chi connectivity index (χ1n) is 7.40. The van der Waals surface area contributed by atoms with Crippen molar-refractivity contribution in [1.82, 2.24) is 10.2 Å². The normalized spacial score (nSPS) is 18.1. The average Bonchev–Trinajstić information content (AvgIpc) is 2.98. The van der Waals surface area contributed by atoms with Crippen molar-refractivity contribution < 1.29 is 4.79 Å². The van der Waals surface area contributed by atoms with Crippen LogP contribution in [0.3, 0.4) is 0 Å². The fourth-order valence-corrected chi connectivity index (χ4v) is 2.58. The molecule has 1 amide bonds. The van der Waals surface area contributed by atoms with Gasteiger partial charge in [-0.1, -0.05) is 12.1 Å². The number of anilines is 1. The molecule has 0 spiro atoms. The highest BCUT2D eigenvalue weighted by Gasteiger charge is 2.25. The zero-order valence-corrected chi connectivity index (χ0v) is 12.7. The van der Waals surface area contributed by atoms with Crippen LogP contribution in [0.5, 0.6) is 0 Å². The Bertz CT molecular complexity index is 436. The summed E-state index contributed by atoms with van der Waals surface area (Å²) in [5.74, 6) is 0.238. The maximum Gasteiger partial charge on any atom is 0.239 e. The van der Waals surface area contributed by atoms with Gasteiger partial charge in [0, 0.05) is 32.9 Å². The Morgan fingerprint density at radius 3 is 2.50 bits per heavy atom. The first-order chi connectivity index (χ1) is 9.61. The van der Waals surface area contributed by atoms with Crippen LogP contribution in [-0.4, -0.2) is 44.0 Å². The van der Waals surface area contributed by atoms with Gasteiger partial charge in [0.05, 0.1) is 6.04 Å². The molecule has 0 radical (unpaired) electrons. The number of carbonyl (C=O) groups is 1. The van der Waals surface area contributed by atoms with Gasteiger partial charge in [-0.3, -0.25) is 4.79 Å². The second kappa shape index (κ2) is 6.75. The quantitative estimate of drug-likeness (QED) is 0.891. The molecular weight excluding hydrogens is 250 g/mol. The fourth-order valence-electron chi connectivity index (χ4n) is 2.58. The lowest BCUT2D eigenvalue weighted by atomic mass is 10.1. The maximum atomic E-state index is 12.4. The van der Waals surface area contributed by atoms with E-state index in [0.717, 1.165) is 25.9 Å². The fraction of sp³-hybridized carbons (Fsp3) is 0.562. The zero-order chi connectivity index (χ0) is 14.5. The minimum atomic E-state index is 0.0241. The lowest BCUT2D eigenvalue weighted by Gasteiger charge is -2.24. The minimum absolute atomic E-state index is 0.0241. The summed E-state index contributed by atoms with van der Waals surface area (Å²) in [7, 11) is 4.06. The number of nitrogens with one attached hydrogen (secondary N) is 1. The van der Waals surface area contributed by atoms with Crippen molar-refractivity contribution in [2.24, 2.45) is 0 Å². The van der Waals surface area contributed by atoms with E-state index in [2.05, 4.69) is 34.5 Å². The largest absolute Gasteiger partial charge is 0.378 e. The predicted octanol–water partition coefficient (Wildman–Crippen LogP) is 1.85. The van der Waals surface area contributed by atoms with Gasteiger partial charge in [0.1, 0.15) is 0 Å². The van der Waals surface area contributed by atoms with Crippen molar-refractivity contribution in [2.75, 3.05) is 32.1 Å². The summed E-state index contributed by atoms with van der Waals surface area (Å²) in [5, 5.41) is 3.28. The van der Waals surface area contributed by atoms with Crippen LogP contribution in [0.25, 0.3) is 0 Å².